The van der Waals surface area contributed by atoms with Gasteiger partial charge in [-0.05, 0) is 37.6 Å². The van der Waals surface area contributed by atoms with Gasteiger partial charge in [-0.25, -0.2) is 0 Å². The standard InChI is InChI=1S/C27H24N4O.2Li/c1-3-32-26(31-20-28-19-29-31)18-25(22-10-6-4-7-11-22)27(23-16-14-21(2)15-17-23)30-24-12-8-5-9-13-24;;/h4-17,20,27H,3H2,1-2H3;;/q-2;2*+1. The molecule has 4 rings (SSSR count). The summed E-state index contributed by atoms with van der Waals surface area (Å²) in [5.74, 6) is 0.445. The molecular formula is C27H24Li2N4O. The third-order valence-corrected chi connectivity index (χ3v) is 4.89. The van der Waals surface area contributed by atoms with E-state index in [0.717, 1.165) is 22.4 Å². The molecule has 0 amide bonds. The molecule has 0 aliphatic rings. The molecule has 7 heteroatoms. The summed E-state index contributed by atoms with van der Waals surface area (Å²) in [6.45, 7) is 4.47. The Labute approximate surface area is 225 Å². The number of rotatable bonds is 8. The molecule has 0 saturated carbocycles. The molecule has 0 aliphatic carbocycles. The SMILES string of the molecule is CCOC(=C=C(c1ccccc1)C([N-]c1ccccc1)c1ccc(C)cc1)n1cn[c-]n1.[Li+].[Li+]. The summed E-state index contributed by atoms with van der Waals surface area (Å²) in [6, 6.07) is 28.2. The summed E-state index contributed by atoms with van der Waals surface area (Å²) in [4.78, 5) is 3.94. The number of hydrogen-bond acceptors (Lipinski definition) is 3. The molecule has 1 unspecified atom stereocenters. The van der Waals surface area contributed by atoms with Crippen LogP contribution in [0.3, 0.4) is 0 Å². The fourth-order valence-electron chi connectivity index (χ4n) is 3.32. The van der Waals surface area contributed by atoms with E-state index in [1.54, 1.807) is 6.33 Å². The minimum absolute atomic E-state index is 0. The van der Waals surface area contributed by atoms with Gasteiger partial charge >= 0.3 is 37.7 Å². The molecule has 5 nitrogen and oxygen atoms in total. The van der Waals surface area contributed by atoms with Gasteiger partial charge in [0.15, 0.2) is 0 Å². The van der Waals surface area contributed by atoms with Crippen LogP contribution in [-0.4, -0.2) is 21.4 Å². The maximum atomic E-state index is 5.88. The zero-order chi connectivity index (χ0) is 22.2. The van der Waals surface area contributed by atoms with E-state index in [4.69, 9.17) is 10.1 Å². The van der Waals surface area contributed by atoms with Crippen molar-refractivity contribution in [1.82, 2.24) is 14.8 Å². The average molecular weight is 434 g/mol. The van der Waals surface area contributed by atoms with Gasteiger partial charge in [0.05, 0.1) is 6.61 Å². The van der Waals surface area contributed by atoms with Crippen molar-refractivity contribution in [3.8, 4) is 0 Å². The second-order valence-electron chi connectivity index (χ2n) is 7.21. The average Bonchev–Trinajstić information content (AvgIpc) is 3.37. The summed E-state index contributed by atoms with van der Waals surface area (Å²) < 4.78 is 7.41. The van der Waals surface area contributed by atoms with Gasteiger partial charge in [-0.3, -0.25) is 9.78 Å². The molecule has 0 saturated heterocycles. The van der Waals surface area contributed by atoms with Crippen LogP contribution in [0, 0.1) is 13.3 Å². The summed E-state index contributed by atoms with van der Waals surface area (Å²) >= 11 is 0. The Morgan fingerprint density at radius 1 is 0.971 bits per heavy atom. The van der Waals surface area contributed by atoms with E-state index in [1.807, 2.05) is 55.5 Å². The van der Waals surface area contributed by atoms with E-state index < -0.39 is 0 Å². The topological polar surface area (TPSA) is 54.0 Å². The molecule has 0 N–H and O–H groups in total. The van der Waals surface area contributed by atoms with Crippen molar-refractivity contribution in [2.24, 2.45) is 0 Å². The van der Waals surface area contributed by atoms with Crippen LogP contribution < -0.4 is 37.7 Å². The molecule has 0 bridgehead atoms. The third-order valence-electron chi connectivity index (χ3n) is 4.89. The first-order chi connectivity index (χ1) is 15.7. The molecule has 160 valence electrons. The summed E-state index contributed by atoms with van der Waals surface area (Å²) in [5, 5.41) is 9.23. The molecule has 4 aromatic rings. The van der Waals surface area contributed by atoms with Crippen molar-refractivity contribution in [2.45, 2.75) is 19.9 Å². The van der Waals surface area contributed by atoms with Crippen LogP contribution in [0.2, 0.25) is 0 Å². The second kappa shape index (κ2) is 13.7. The van der Waals surface area contributed by atoms with Gasteiger partial charge in [0, 0.05) is 0 Å². The molecule has 0 aliphatic heterocycles. The van der Waals surface area contributed by atoms with Crippen LogP contribution in [0.1, 0.15) is 29.7 Å². The zero-order valence-corrected chi connectivity index (χ0v) is 20.1. The molecule has 34 heavy (non-hydrogen) atoms. The Morgan fingerprint density at radius 2 is 1.62 bits per heavy atom. The first-order valence-corrected chi connectivity index (χ1v) is 10.5. The minimum Gasteiger partial charge on any atom is -0.674 e. The number of aryl methyl sites for hydroxylation is 1. The van der Waals surface area contributed by atoms with Crippen molar-refractivity contribution in [3.05, 3.63) is 125 Å². The van der Waals surface area contributed by atoms with Crippen LogP contribution in [0.15, 0.2) is 97.0 Å². The van der Waals surface area contributed by atoms with Crippen molar-refractivity contribution >= 4 is 17.1 Å². The van der Waals surface area contributed by atoms with Gasteiger partial charge in [0.1, 0.15) is 0 Å². The Morgan fingerprint density at radius 3 is 2.21 bits per heavy atom. The van der Waals surface area contributed by atoms with Crippen molar-refractivity contribution in [1.29, 1.82) is 0 Å². The van der Waals surface area contributed by atoms with Crippen molar-refractivity contribution in [3.63, 3.8) is 0 Å². The molecule has 3 aromatic carbocycles. The smallest absolute Gasteiger partial charge is 0.674 e. The Bertz CT molecular complexity index is 1190. The summed E-state index contributed by atoms with van der Waals surface area (Å²) in [6.07, 6.45) is 4.13. The quantitative estimate of drug-likeness (QED) is 0.174. The van der Waals surface area contributed by atoms with Crippen LogP contribution >= 0.6 is 0 Å². The predicted octanol–water partition coefficient (Wildman–Crippen LogP) is 0.359. The van der Waals surface area contributed by atoms with E-state index in [9.17, 15) is 0 Å². The molecule has 0 fully saturated rings. The van der Waals surface area contributed by atoms with Gasteiger partial charge in [0.2, 0.25) is 5.88 Å². The number of benzene rings is 3. The van der Waals surface area contributed by atoms with Crippen molar-refractivity contribution in [2.75, 3.05) is 6.61 Å². The monoisotopic (exact) mass is 434 g/mol. The van der Waals surface area contributed by atoms with Gasteiger partial charge in [-0.2, -0.15) is 0 Å². The zero-order valence-electron chi connectivity index (χ0n) is 20.1. The molecule has 1 atom stereocenters. The van der Waals surface area contributed by atoms with E-state index >= 15 is 0 Å². The second-order valence-corrected chi connectivity index (χ2v) is 7.21. The van der Waals surface area contributed by atoms with E-state index in [1.165, 1.54) is 10.2 Å². The van der Waals surface area contributed by atoms with E-state index in [2.05, 4.69) is 65.5 Å². The molecular weight excluding hydrogens is 410 g/mol. The Hall–Kier alpha value is -2.89. The molecule has 1 aromatic heterocycles. The molecule has 1 heterocycles. The van der Waals surface area contributed by atoms with Crippen molar-refractivity contribution < 1.29 is 42.5 Å². The fourth-order valence-corrected chi connectivity index (χ4v) is 3.32. The summed E-state index contributed by atoms with van der Waals surface area (Å²) in [7, 11) is 0. The first-order valence-electron chi connectivity index (χ1n) is 10.5. The number of ether oxygens (including phenoxy) is 1. The number of nitrogens with zero attached hydrogens (tertiary/aromatic N) is 4. The van der Waals surface area contributed by atoms with Crippen LogP contribution in [0.5, 0.6) is 0 Å². The van der Waals surface area contributed by atoms with Gasteiger partial charge in [-0.15, -0.1) is 5.69 Å². The van der Waals surface area contributed by atoms with Gasteiger partial charge in [0.25, 0.3) is 0 Å². The van der Waals surface area contributed by atoms with E-state index in [-0.39, 0.29) is 43.8 Å². The molecule has 0 radical (unpaired) electrons. The Kier molecular flexibility index (Phi) is 11.1. The number of aromatic nitrogens is 3. The first kappa shape index (κ1) is 27.4. The number of para-hydroxylation sites is 1. The minimum atomic E-state index is -0.302. The summed E-state index contributed by atoms with van der Waals surface area (Å²) in [5.41, 5.74) is 8.48. The number of hydrogen-bond donors (Lipinski definition) is 0. The largest absolute Gasteiger partial charge is 1.00 e. The van der Waals surface area contributed by atoms with Gasteiger partial charge in [-0.1, -0.05) is 108 Å². The van der Waals surface area contributed by atoms with Crippen LogP contribution in [0.4, 0.5) is 5.69 Å². The molecule has 0 spiro atoms. The predicted molar refractivity (Wildman–Crippen MR) is 127 cm³/mol. The maximum absolute atomic E-state index is 5.88. The van der Waals surface area contributed by atoms with Gasteiger partial charge < -0.3 is 15.0 Å². The van der Waals surface area contributed by atoms with E-state index in [0.29, 0.717) is 12.5 Å². The third kappa shape index (κ3) is 7.05. The van der Waals surface area contributed by atoms with Crippen LogP contribution in [0.25, 0.3) is 16.8 Å². The normalized spacial score (nSPS) is 10.6. The fraction of sp³-hybridized carbons (Fsp3) is 0.148. The maximum Gasteiger partial charge on any atom is 1.00 e. The Balaban J connectivity index is 0.00000204. The van der Waals surface area contributed by atoms with Crippen LogP contribution in [-0.2, 0) is 4.74 Å².